The fourth-order valence-corrected chi connectivity index (χ4v) is 2.28. The third kappa shape index (κ3) is 2.29. The maximum atomic E-state index is 10.9. The zero-order chi connectivity index (χ0) is 10.7. The molecule has 0 radical (unpaired) electrons. The number of ether oxygens (including phenoxy) is 2. The number of carbonyl (C=O) groups excluding carboxylic acids is 1. The highest BCUT2D eigenvalue weighted by molar-refractivity contribution is 6.11. The molecule has 0 spiro atoms. The van der Waals surface area contributed by atoms with E-state index in [1.165, 1.54) is 6.92 Å². The molecule has 80 valence electrons. The zero-order valence-electron chi connectivity index (χ0n) is 9.45. The molecule has 1 saturated heterocycles. The minimum absolute atomic E-state index is 0.0359. The van der Waals surface area contributed by atoms with Crippen LogP contribution in [-0.4, -0.2) is 32.0 Å². The fourth-order valence-electron chi connectivity index (χ4n) is 2.28. The van der Waals surface area contributed by atoms with Gasteiger partial charge in [0, 0.05) is 12.8 Å². The van der Waals surface area contributed by atoms with E-state index in [0.29, 0.717) is 5.92 Å². The lowest BCUT2D eigenvalue weighted by molar-refractivity contribution is -0.148. The summed E-state index contributed by atoms with van der Waals surface area (Å²) in [5, 5.41) is 0. The van der Waals surface area contributed by atoms with Gasteiger partial charge in [0.05, 0.1) is 12.1 Å². The normalized spacial score (nSPS) is 37.1. The smallest absolute Gasteiger partial charge is 0.302 e. The summed E-state index contributed by atoms with van der Waals surface area (Å²) in [6, 6.07) is 0.0359. The molecule has 4 heteroatoms. The Morgan fingerprint density at radius 2 is 2.07 bits per heavy atom. The van der Waals surface area contributed by atoms with Crippen LogP contribution in [0, 0.1) is 5.92 Å². The van der Waals surface area contributed by atoms with Gasteiger partial charge in [-0.15, -0.1) is 0 Å². The highest BCUT2D eigenvalue weighted by atomic mass is 16.6. The highest BCUT2D eigenvalue weighted by Crippen LogP contribution is 2.32. The van der Waals surface area contributed by atoms with Crippen molar-refractivity contribution in [1.29, 1.82) is 0 Å². The first-order chi connectivity index (χ1) is 6.60. The van der Waals surface area contributed by atoms with E-state index in [1.807, 2.05) is 7.85 Å². The summed E-state index contributed by atoms with van der Waals surface area (Å²) in [6.45, 7) is 5.68. The van der Waals surface area contributed by atoms with Gasteiger partial charge >= 0.3 is 5.97 Å². The Balaban J connectivity index is 2.66. The highest BCUT2D eigenvalue weighted by Gasteiger charge is 2.41. The molecule has 0 amide bonds. The fraction of sp³-hybridized carbons (Fsp3) is 0.900. The Bertz CT molecular complexity index is 208. The summed E-state index contributed by atoms with van der Waals surface area (Å²) >= 11 is 0. The van der Waals surface area contributed by atoms with Gasteiger partial charge in [-0.1, -0.05) is 13.8 Å². The van der Waals surface area contributed by atoms with Crippen molar-refractivity contribution in [3.05, 3.63) is 0 Å². The molecule has 0 bridgehead atoms. The summed E-state index contributed by atoms with van der Waals surface area (Å²) in [4.78, 5) is 10.9. The van der Waals surface area contributed by atoms with Crippen LogP contribution in [0.2, 0.25) is 0 Å². The Hall–Kier alpha value is -0.505. The van der Waals surface area contributed by atoms with Crippen LogP contribution in [0.3, 0.4) is 0 Å². The minimum atomic E-state index is -0.208. The molecule has 0 saturated carbocycles. The van der Waals surface area contributed by atoms with Crippen LogP contribution >= 0.6 is 0 Å². The second-order valence-electron chi connectivity index (χ2n) is 3.93. The van der Waals surface area contributed by atoms with Gasteiger partial charge < -0.3 is 9.47 Å². The number of hydrogen-bond acceptors (Lipinski definition) is 3. The molecule has 0 aromatic carbocycles. The van der Waals surface area contributed by atoms with Crippen molar-refractivity contribution in [3.63, 3.8) is 0 Å². The number of carbonyl (C=O) groups is 1. The third-order valence-corrected chi connectivity index (χ3v) is 2.93. The van der Waals surface area contributed by atoms with Crippen molar-refractivity contribution in [1.82, 2.24) is 0 Å². The van der Waals surface area contributed by atoms with Gasteiger partial charge in [0.15, 0.2) is 0 Å². The van der Waals surface area contributed by atoms with Gasteiger partial charge in [0.2, 0.25) is 0 Å². The first-order valence-electron chi connectivity index (χ1n) is 5.42. The van der Waals surface area contributed by atoms with Crippen LogP contribution in [0.4, 0.5) is 0 Å². The summed E-state index contributed by atoms with van der Waals surface area (Å²) < 4.78 is 11.0. The molecule has 1 heterocycles. The molecule has 1 aliphatic heterocycles. The van der Waals surface area contributed by atoms with Crippen LogP contribution < -0.4 is 0 Å². The Morgan fingerprint density at radius 1 is 1.43 bits per heavy atom. The molecule has 3 nitrogen and oxygen atoms in total. The lowest BCUT2D eigenvalue weighted by Crippen LogP contribution is -2.32. The topological polar surface area (TPSA) is 35.5 Å². The lowest BCUT2D eigenvalue weighted by Gasteiger charge is -2.21. The van der Waals surface area contributed by atoms with Crippen LogP contribution in [0.1, 0.15) is 33.6 Å². The summed E-state index contributed by atoms with van der Waals surface area (Å²) in [5.74, 6) is 0.152. The van der Waals surface area contributed by atoms with E-state index in [9.17, 15) is 4.79 Å². The molecule has 0 aliphatic carbocycles. The van der Waals surface area contributed by atoms with Gasteiger partial charge in [-0.25, -0.2) is 0 Å². The maximum Gasteiger partial charge on any atom is 0.302 e. The first kappa shape index (κ1) is 11.6. The summed E-state index contributed by atoms with van der Waals surface area (Å²) in [7, 11) is 1.98. The lowest BCUT2D eigenvalue weighted by atomic mass is 9.85. The average molecular weight is 198 g/mol. The standard InChI is InChI=1S/C10H19BO3/c1-4-7-8(5-2)14-10(11)9(7)13-6(3)12/h7-10H,4-5,11H2,1-3H3/t7-,8-,9-,10-/m1/s1. The van der Waals surface area contributed by atoms with Gasteiger partial charge in [-0.2, -0.15) is 0 Å². The Morgan fingerprint density at radius 3 is 2.50 bits per heavy atom. The molecular weight excluding hydrogens is 179 g/mol. The predicted molar refractivity (Wildman–Crippen MR) is 56.8 cm³/mol. The van der Waals surface area contributed by atoms with E-state index >= 15 is 0 Å². The van der Waals surface area contributed by atoms with Crippen molar-refractivity contribution in [2.45, 2.75) is 51.8 Å². The van der Waals surface area contributed by atoms with Gasteiger partial charge in [-0.3, -0.25) is 4.79 Å². The van der Waals surface area contributed by atoms with Crippen molar-refractivity contribution in [2.24, 2.45) is 5.92 Å². The van der Waals surface area contributed by atoms with Crippen LogP contribution in [0.25, 0.3) is 0 Å². The second kappa shape index (κ2) is 4.83. The van der Waals surface area contributed by atoms with Crippen molar-refractivity contribution in [3.8, 4) is 0 Å². The van der Waals surface area contributed by atoms with Crippen molar-refractivity contribution >= 4 is 13.8 Å². The van der Waals surface area contributed by atoms with E-state index in [4.69, 9.17) is 9.47 Å². The van der Waals surface area contributed by atoms with Crippen molar-refractivity contribution in [2.75, 3.05) is 0 Å². The van der Waals surface area contributed by atoms with Gasteiger partial charge in [0.1, 0.15) is 14.0 Å². The predicted octanol–water partition coefficient (Wildman–Crippen LogP) is 0.712. The molecular formula is C10H19BO3. The molecule has 1 fully saturated rings. The van der Waals surface area contributed by atoms with Crippen LogP contribution in [0.15, 0.2) is 0 Å². The van der Waals surface area contributed by atoms with Crippen molar-refractivity contribution < 1.29 is 14.3 Å². The van der Waals surface area contributed by atoms with E-state index in [2.05, 4.69) is 13.8 Å². The third-order valence-electron chi connectivity index (χ3n) is 2.93. The summed E-state index contributed by atoms with van der Waals surface area (Å²) in [6.07, 6.45) is 2.18. The molecule has 0 unspecified atom stereocenters. The molecule has 4 atom stereocenters. The number of hydrogen-bond donors (Lipinski definition) is 0. The van der Waals surface area contributed by atoms with E-state index < -0.39 is 0 Å². The average Bonchev–Trinajstić information content (AvgIpc) is 2.42. The van der Waals surface area contributed by atoms with Crippen LogP contribution in [0.5, 0.6) is 0 Å². The monoisotopic (exact) mass is 198 g/mol. The minimum Gasteiger partial charge on any atom is -0.460 e. The second-order valence-corrected chi connectivity index (χ2v) is 3.93. The molecule has 0 aromatic heterocycles. The first-order valence-corrected chi connectivity index (χ1v) is 5.42. The van der Waals surface area contributed by atoms with E-state index in [1.54, 1.807) is 0 Å². The largest absolute Gasteiger partial charge is 0.460 e. The molecule has 14 heavy (non-hydrogen) atoms. The SMILES string of the molecule is B[C@@H]1O[C@H](CC)[C@@H](CC)[C@H]1OC(C)=O. The van der Waals surface area contributed by atoms with E-state index in [-0.39, 0.29) is 24.2 Å². The van der Waals surface area contributed by atoms with Gasteiger partial charge in [0.25, 0.3) is 0 Å². The maximum absolute atomic E-state index is 10.9. The Labute approximate surface area is 86.6 Å². The van der Waals surface area contributed by atoms with Gasteiger partial charge in [-0.05, 0) is 12.8 Å². The molecule has 1 rings (SSSR count). The zero-order valence-corrected chi connectivity index (χ0v) is 9.45. The molecule has 1 aliphatic rings. The number of esters is 1. The quantitative estimate of drug-likeness (QED) is 0.495. The van der Waals surface area contributed by atoms with Crippen LogP contribution in [-0.2, 0) is 14.3 Å². The molecule has 0 N–H and O–H groups in total. The Kier molecular flexibility index (Phi) is 3.99. The summed E-state index contributed by atoms with van der Waals surface area (Å²) in [5.41, 5.74) is 0. The number of rotatable bonds is 3. The van der Waals surface area contributed by atoms with E-state index in [0.717, 1.165) is 12.8 Å². The molecule has 0 aromatic rings.